The van der Waals surface area contributed by atoms with Gasteiger partial charge in [0.15, 0.2) is 0 Å². The van der Waals surface area contributed by atoms with Crippen molar-refractivity contribution in [3.05, 3.63) is 251 Å². The number of nitriles is 2. The molecule has 9 aromatic rings. The molecule has 74 heavy (non-hydrogen) atoms. The fourth-order valence-electron chi connectivity index (χ4n) is 8.81. The van der Waals surface area contributed by atoms with Gasteiger partial charge in [-0.05, 0) is 148 Å². The normalized spacial score (nSPS) is 10.6. The van der Waals surface area contributed by atoms with Crippen molar-refractivity contribution < 1.29 is 13.2 Å². The van der Waals surface area contributed by atoms with Gasteiger partial charge in [0.05, 0.1) is 23.3 Å². The Morgan fingerprint density at radius 1 is 0.311 bits per heavy atom. The highest BCUT2D eigenvalue weighted by Gasteiger charge is 2.11. The van der Waals surface area contributed by atoms with E-state index in [2.05, 4.69) is 93.6 Å². The molecule has 0 saturated carbocycles. The highest BCUT2D eigenvalue weighted by atomic mass is 19.1. The minimum absolute atomic E-state index is 0.173. The Balaban J connectivity index is 0.000000162. The highest BCUT2D eigenvalue weighted by molar-refractivity contribution is 5.74. The van der Waals surface area contributed by atoms with E-state index in [1.165, 1.54) is 54.4 Å². The maximum Gasteiger partial charge on any atom is 0.131 e. The van der Waals surface area contributed by atoms with Crippen LogP contribution < -0.4 is 0 Å². The molecule has 0 heterocycles. The van der Waals surface area contributed by atoms with E-state index in [0.29, 0.717) is 27.8 Å². The SMILES string of the molecule is CCCCCc1ccc(-c2ccc(-c3ccc(C)cc3)c(F)c2)cc1.CCCCc1ccc(-c2ccc(-c3ccc(C#N)cc3)c(F)c2)cc1.CCCc1ccc(-c2ccc(-c3ccc(C#N)cc3)c(F)c2)cc1. The lowest BCUT2D eigenvalue weighted by atomic mass is 9.98. The standard InChI is InChI=1S/C24H25F.C23H20FN.C22H18FN/c1-3-4-5-6-19-9-13-20(14-10-19)22-15-16-23(24(25)17-22)21-11-7-18(2)8-12-21;1-2-3-4-17-5-9-19(10-6-17)21-13-14-22(23(24)15-21)20-11-7-18(16-25)8-12-20;1-2-3-16-4-8-18(9-5-16)20-12-13-21(22(23)14-20)19-10-6-17(15-24)7-11-19/h7-17H,3-6H2,1-2H3;5-15H,2-4H2,1H3;4-14H,2-3H2,1H3. The van der Waals surface area contributed by atoms with E-state index >= 15 is 0 Å². The monoisotopic (exact) mass is 976 g/mol. The zero-order valence-corrected chi connectivity index (χ0v) is 42.9. The van der Waals surface area contributed by atoms with Crippen molar-refractivity contribution >= 4 is 0 Å². The Bertz CT molecular complexity index is 3290. The van der Waals surface area contributed by atoms with Crippen molar-refractivity contribution in [1.29, 1.82) is 10.5 Å². The smallest absolute Gasteiger partial charge is 0.131 e. The third kappa shape index (κ3) is 14.7. The maximum atomic E-state index is 14.6. The first kappa shape index (κ1) is 53.5. The van der Waals surface area contributed by atoms with Crippen LogP contribution in [0.1, 0.15) is 92.7 Å². The lowest BCUT2D eigenvalue weighted by Crippen LogP contribution is -1.88. The second-order valence-corrected chi connectivity index (χ2v) is 18.7. The average molecular weight is 977 g/mol. The largest absolute Gasteiger partial charge is 0.206 e. The Labute approximate surface area is 437 Å². The zero-order valence-electron chi connectivity index (χ0n) is 42.9. The van der Waals surface area contributed by atoms with E-state index in [1.54, 1.807) is 78.9 Å². The third-order valence-corrected chi connectivity index (χ3v) is 13.2. The lowest BCUT2D eigenvalue weighted by Gasteiger charge is -2.08. The number of hydrogen-bond donors (Lipinski definition) is 0. The second-order valence-electron chi connectivity index (χ2n) is 18.7. The molecule has 0 saturated heterocycles. The van der Waals surface area contributed by atoms with Gasteiger partial charge in [-0.15, -0.1) is 0 Å². The first-order valence-electron chi connectivity index (χ1n) is 25.8. The number of unbranched alkanes of at least 4 members (excludes halogenated alkanes) is 3. The molecular weight excluding hydrogens is 914 g/mol. The van der Waals surface area contributed by atoms with Crippen molar-refractivity contribution in [3.8, 4) is 78.9 Å². The van der Waals surface area contributed by atoms with Gasteiger partial charge in [-0.2, -0.15) is 10.5 Å². The summed E-state index contributed by atoms with van der Waals surface area (Å²) in [6, 6.07) is 67.4. The molecule has 2 nitrogen and oxygen atoms in total. The van der Waals surface area contributed by atoms with E-state index in [1.807, 2.05) is 67.6 Å². The minimum Gasteiger partial charge on any atom is -0.206 e. The molecule has 0 bridgehead atoms. The van der Waals surface area contributed by atoms with Gasteiger partial charge in [0, 0.05) is 16.7 Å². The molecule has 0 radical (unpaired) electrons. The van der Waals surface area contributed by atoms with Crippen LogP contribution in [0.2, 0.25) is 0 Å². The number of rotatable bonds is 15. The van der Waals surface area contributed by atoms with Gasteiger partial charge in [0.1, 0.15) is 17.5 Å². The minimum atomic E-state index is -0.255. The van der Waals surface area contributed by atoms with Gasteiger partial charge in [0.25, 0.3) is 0 Å². The van der Waals surface area contributed by atoms with Crippen LogP contribution in [-0.4, -0.2) is 0 Å². The first-order chi connectivity index (χ1) is 36.1. The zero-order chi connectivity index (χ0) is 52.2. The maximum absolute atomic E-state index is 14.6. The number of aryl methyl sites for hydroxylation is 4. The van der Waals surface area contributed by atoms with Gasteiger partial charge < -0.3 is 0 Å². The molecule has 0 atom stereocenters. The second kappa shape index (κ2) is 27.0. The fourth-order valence-corrected chi connectivity index (χ4v) is 8.81. The topological polar surface area (TPSA) is 47.6 Å². The summed E-state index contributed by atoms with van der Waals surface area (Å²) in [5, 5.41) is 17.7. The number of nitrogens with zero attached hydrogens (tertiary/aromatic N) is 2. The molecule has 0 aliphatic rings. The predicted octanol–water partition coefficient (Wildman–Crippen LogP) is 19.6. The van der Waals surface area contributed by atoms with Crippen molar-refractivity contribution in [2.45, 2.75) is 85.5 Å². The van der Waals surface area contributed by atoms with Crippen molar-refractivity contribution in [1.82, 2.24) is 0 Å². The van der Waals surface area contributed by atoms with E-state index in [9.17, 15) is 13.2 Å². The predicted molar refractivity (Wildman–Crippen MR) is 302 cm³/mol. The summed E-state index contributed by atoms with van der Waals surface area (Å²) >= 11 is 0. The molecule has 0 aliphatic heterocycles. The van der Waals surface area contributed by atoms with Gasteiger partial charge >= 0.3 is 0 Å². The molecule has 0 fully saturated rings. The van der Waals surface area contributed by atoms with Crippen LogP contribution >= 0.6 is 0 Å². The number of halogens is 3. The number of benzene rings is 9. The van der Waals surface area contributed by atoms with Gasteiger partial charge in [-0.1, -0.05) is 210 Å². The quantitative estimate of drug-likeness (QED) is 0.0961. The molecular formula is C69H63F3N2. The summed E-state index contributed by atoms with van der Waals surface area (Å²) in [5.41, 5.74) is 16.3. The molecule has 9 aromatic carbocycles. The summed E-state index contributed by atoms with van der Waals surface area (Å²) in [5.74, 6) is -0.680. The third-order valence-electron chi connectivity index (χ3n) is 13.2. The summed E-state index contributed by atoms with van der Waals surface area (Å²) < 4.78 is 43.7. The Kier molecular flexibility index (Phi) is 19.5. The Hall–Kier alpha value is -8.25. The summed E-state index contributed by atoms with van der Waals surface area (Å²) in [6.07, 6.45) is 10.5. The summed E-state index contributed by atoms with van der Waals surface area (Å²) in [4.78, 5) is 0. The van der Waals surface area contributed by atoms with E-state index < -0.39 is 0 Å². The van der Waals surface area contributed by atoms with Crippen molar-refractivity contribution in [2.24, 2.45) is 0 Å². The van der Waals surface area contributed by atoms with Crippen molar-refractivity contribution in [3.63, 3.8) is 0 Å². The molecule has 5 heteroatoms. The molecule has 0 amide bonds. The average Bonchev–Trinajstić information content (AvgIpc) is 3.44. The van der Waals surface area contributed by atoms with Crippen LogP contribution in [0.25, 0.3) is 66.8 Å². The Morgan fingerprint density at radius 2 is 0.608 bits per heavy atom. The van der Waals surface area contributed by atoms with Crippen LogP contribution in [0.4, 0.5) is 13.2 Å². The summed E-state index contributed by atoms with van der Waals surface area (Å²) in [7, 11) is 0. The first-order valence-corrected chi connectivity index (χ1v) is 25.8. The molecule has 9 rings (SSSR count). The molecule has 370 valence electrons. The van der Waals surface area contributed by atoms with Crippen LogP contribution in [-0.2, 0) is 19.3 Å². The van der Waals surface area contributed by atoms with Gasteiger partial charge in [-0.3, -0.25) is 0 Å². The highest BCUT2D eigenvalue weighted by Crippen LogP contribution is 2.32. The van der Waals surface area contributed by atoms with E-state index in [4.69, 9.17) is 10.5 Å². The summed E-state index contributed by atoms with van der Waals surface area (Å²) in [6.45, 7) is 8.60. The van der Waals surface area contributed by atoms with Crippen LogP contribution in [0.15, 0.2) is 200 Å². The molecule has 0 aromatic heterocycles. The van der Waals surface area contributed by atoms with Crippen LogP contribution in [0.3, 0.4) is 0 Å². The van der Waals surface area contributed by atoms with Gasteiger partial charge in [0.2, 0.25) is 0 Å². The molecule has 0 N–H and O–H groups in total. The molecule has 0 aliphatic carbocycles. The van der Waals surface area contributed by atoms with Crippen LogP contribution in [0, 0.1) is 47.0 Å². The van der Waals surface area contributed by atoms with Crippen LogP contribution in [0.5, 0.6) is 0 Å². The number of hydrogen-bond acceptors (Lipinski definition) is 2. The fraction of sp³-hybridized carbons (Fsp3) is 0.188. The van der Waals surface area contributed by atoms with Crippen molar-refractivity contribution in [2.75, 3.05) is 0 Å². The molecule has 0 spiro atoms. The Morgan fingerprint density at radius 3 is 0.919 bits per heavy atom. The van der Waals surface area contributed by atoms with E-state index in [-0.39, 0.29) is 17.5 Å². The van der Waals surface area contributed by atoms with Gasteiger partial charge in [-0.25, -0.2) is 13.2 Å². The molecule has 0 unspecified atom stereocenters. The van der Waals surface area contributed by atoms with E-state index in [0.717, 1.165) is 75.8 Å². The lowest BCUT2D eigenvalue weighted by molar-refractivity contribution is 0.631.